The van der Waals surface area contributed by atoms with Gasteiger partial charge in [0.1, 0.15) is 0 Å². The lowest BCUT2D eigenvalue weighted by atomic mass is 10.3. The fourth-order valence-electron chi connectivity index (χ4n) is 2.86. The van der Waals surface area contributed by atoms with Crippen LogP contribution >= 0.6 is 27.3 Å². The van der Waals surface area contributed by atoms with Crippen LogP contribution in [0, 0.1) is 0 Å². The Bertz CT molecular complexity index is 926. The molecule has 3 heterocycles. The van der Waals surface area contributed by atoms with E-state index in [9.17, 15) is 4.79 Å². The number of para-hydroxylation sites is 2. The second kappa shape index (κ2) is 6.14. The van der Waals surface area contributed by atoms with Crippen LogP contribution in [-0.2, 0) is 0 Å². The molecule has 1 aliphatic heterocycles. The number of nitrogens with zero attached hydrogens (tertiary/aromatic N) is 4. The SMILES string of the molecule is CN1CCCN(C(=O)c2ccc(Br)s2)c2nc3ccccc3nc21. The Morgan fingerprint density at radius 1 is 1.08 bits per heavy atom. The van der Waals surface area contributed by atoms with Gasteiger partial charge >= 0.3 is 0 Å². The van der Waals surface area contributed by atoms with Crippen LogP contribution in [0.3, 0.4) is 0 Å². The number of hydrogen-bond acceptors (Lipinski definition) is 5. The van der Waals surface area contributed by atoms with E-state index in [0.717, 1.165) is 33.6 Å². The summed E-state index contributed by atoms with van der Waals surface area (Å²) in [6.07, 6.45) is 0.878. The van der Waals surface area contributed by atoms with Crippen molar-refractivity contribution in [3.05, 3.63) is 45.1 Å². The molecule has 0 saturated heterocycles. The van der Waals surface area contributed by atoms with Gasteiger partial charge in [-0.1, -0.05) is 12.1 Å². The van der Waals surface area contributed by atoms with Gasteiger partial charge in [0.15, 0.2) is 11.6 Å². The number of amides is 1. The van der Waals surface area contributed by atoms with Crippen molar-refractivity contribution in [2.75, 3.05) is 29.9 Å². The van der Waals surface area contributed by atoms with E-state index in [0.29, 0.717) is 17.2 Å². The second-order valence-electron chi connectivity index (χ2n) is 5.70. The average Bonchev–Trinajstić information content (AvgIpc) is 2.96. The Labute approximate surface area is 152 Å². The Morgan fingerprint density at radius 2 is 1.79 bits per heavy atom. The molecule has 1 aromatic carbocycles. The monoisotopic (exact) mass is 402 g/mol. The number of halogens is 1. The summed E-state index contributed by atoms with van der Waals surface area (Å²) in [5.74, 6) is 1.38. The van der Waals surface area contributed by atoms with Gasteiger partial charge in [-0.15, -0.1) is 11.3 Å². The molecule has 5 nitrogen and oxygen atoms in total. The van der Waals surface area contributed by atoms with Crippen molar-refractivity contribution >= 4 is 55.8 Å². The maximum absolute atomic E-state index is 13.0. The first-order valence-corrected chi connectivity index (χ1v) is 9.29. The molecule has 0 bridgehead atoms. The summed E-state index contributed by atoms with van der Waals surface area (Å²) < 4.78 is 0.947. The average molecular weight is 403 g/mol. The molecule has 4 rings (SSSR count). The summed E-state index contributed by atoms with van der Waals surface area (Å²) in [6, 6.07) is 11.5. The first-order valence-electron chi connectivity index (χ1n) is 7.68. The molecule has 2 aromatic heterocycles. The lowest BCUT2D eigenvalue weighted by molar-refractivity contribution is 0.0990. The summed E-state index contributed by atoms with van der Waals surface area (Å²) in [7, 11) is 2.00. The molecule has 1 amide bonds. The van der Waals surface area contributed by atoms with Crippen LogP contribution in [0.2, 0.25) is 0 Å². The number of carbonyl (C=O) groups excluding carboxylic acids is 1. The van der Waals surface area contributed by atoms with Crippen LogP contribution in [0.25, 0.3) is 11.0 Å². The minimum absolute atomic E-state index is 0.0215. The third kappa shape index (κ3) is 2.67. The highest BCUT2D eigenvalue weighted by atomic mass is 79.9. The molecule has 0 unspecified atom stereocenters. The first-order chi connectivity index (χ1) is 11.6. The molecule has 0 aliphatic carbocycles. The number of hydrogen-bond donors (Lipinski definition) is 0. The molecular weight excluding hydrogens is 388 g/mol. The van der Waals surface area contributed by atoms with Gasteiger partial charge in [-0.05, 0) is 46.6 Å². The zero-order chi connectivity index (χ0) is 16.7. The Hall–Kier alpha value is -1.99. The van der Waals surface area contributed by atoms with Crippen LogP contribution < -0.4 is 9.80 Å². The van der Waals surface area contributed by atoms with Crippen LogP contribution in [0.4, 0.5) is 11.6 Å². The van der Waals surface area contributed by atoms with Crippen LogP contribution in [-0.4, -0.2) is 36.0 Å². The molecule has 24 heavy (non-hydrogen) atoms. The van der Waals surface area contributed by atoms with Crippen molar-refractivity contribution < 1.29 is 4.79 Å². The number of carbonyl (C=O) groups is 1. The van der Waals surface area contributed by atoms with Gasteiger partial charge < -0.3 is 4.90 Å². The van der Waals surface area contributed by atoms with Crippen molar-refractivity contribution in [1.82, 2.24) is 9.97 Å². The lowest BCUT2D eigenvalue weighted by Gasteiger charge is -2.22. The summed E-state index contributed by atoms with van der Waals surface area (Å²) in [5, 5.41) is 0. The second-order valence-corrected chi connectivity index (χ2v) is 8.16. The van der Waals surface area contributed by atoms with Crippen LogP contribution in [0.15, 0.2) is 40.2 Å². The number of anilines is 2. The van der Waals surface area contributed by atoms with Crippen LogP contribution in [0.5, 0.6) is 0 Å². The van der Waals surface area contributed by atoms with E-state index in [-0.39, 0.29) is 5.91 Å². The van der Waals surface area contributed by atoms with E-state index < -0.39 is 0 Å². The van der Waals surface area contributed by atoms with Gasteiger partial charge in [0, 0.05) is 20.1 Å². The zero-order valence-electron chi connectivity index (χ0n) is 13.1. The van der Waals surface area contributed by atoms with E-state index in [1.807, 2.05) is 43.4 Å². The summed E-state index contributed by atoms with van der Waals surface area (Å²) in [4.78, 5) is 27.0. The van der Waals surface area contributed by atoms with Gasteiger partial charge in [-0.25, -0.2) is 9.97 Å². The minimum Gasteiger partial charge on any atom is -0.357 e. The maximum Gasteiger partial charge on any atom is 0.269 e. The van der Waals surface area contributed by atoms with Gasteiger partial charge in [0.2, 0.25) is 0 Å². The minimum atomic E-state index is -0.0215. The topological polar surface area (TPSA) is 49.3 Å². The van der Waals surface area contributed by atoms with Gasteiger partial charge in [0.25, 0.3) is 5.91 Å². The smallest absolute Gasteiger partial charge is 0.269 e. The largest absolute Gasteiger partial charge is 0.357 e. The molecule has 0 saturated carbocycles. The van der Waals surface area contributed by atoms with E-state index in [2.05, 4.69) is 20.8 Å². The van der Waals surface area contributed by atoms with E-state index in [1.165, 1.54) is 11.3 Å². The first kappa shape index (κ1) is 15.5. The number of fused-ring (bicyclic) bond motifs is 2. The molecule has 0 radical (unpaired) electrons. The van der Waals surface area contributed by atoms with Gasteiger partial charge in [0.05, 0.1) is 19.7 Å². The highest BCUT2D eigenvalue weighted by molar-refractivity contribution is 9.11. The normalized spacial score (nSPS) is 14.6. The Morgan fingerprint density at radius 3 is 2.46 bits per heavy atom. The third-order valence-corrected chi connectivity index (χ3v) is 5.67. The Kier molecular flexibility index (Phi) is 3.97. The molecule has 1 aliphatic rings. The zero-order valence-corrected chi connectivity index (χ0v) is 15.5. The fraction of sp³-hybridized carbons (Fsp3) is 0.235. The third-order valence-electron chi connectivity index (χ3n) is 4.06. The van der Waals surface area contributed by atoms with Crippen molar-refractivity contribution in [2.24, 2.45) is 0 Å². The summed E-state index contributed by atoms with van der Waals surface area (Å²) in [6.45, 7) is 1.48. The molecule has 0 fully saturated rings. The fourth-order valence-corrected chi connectivity index (χ4v) is 4.19. The predicted molar refractivity (Wildman–Crippen MR) is 101 cm³/mol. The number of rotatable bonds is 1. The predicted octanol–water partition coefficient (Wildman–Crippen LogP) is 3.94. The van der Waals surface area contributed by atoms with Crippen molar-refractivity contribution in [3.63, 3.8) is 0 Å². The number of aromatic nitrogens is 2. The van der Waals surface area contributed by atoms with Crippen LogP contribution in [0.1, 0.15) is 16.1 Å². The van der Waals surface area contributed by atoms with E-state index in [4.69, 9.17) is 9.97 Å². The van der Waals surface area contributed by atoms with E-state index >= 15 is 0 Å². The highest BCUT2D eigenvalue weighted by Gasteiger charge is 2.28. The van der Waals surface area contributed by atoms with Gasteiger partial charge in [-0.2, -0.15) is 0 Å². The molecule has 0 spiro atoms. The number of benzene rings is 1. The van der Waals surface area contributed by atoms with Crippen molar-refractivity contribution in [1.29, 1.82) is 0 Å². The molecule has 7 heteroatoms. The quantitative estimate of drug-likeness (QED) is 0.618. The van der Waals surface area contributed by atoms with Crippen molar-refractivity contribution in [3.8, 4) is 0 Å². The lowest BCUT2D eigenvalue weighted by Crippen LogP contribution is -2.31. The summed E-state index contributed by atoms with van der Waals surface area (Å²) >= 11 is 4.86. The maximum atomic E-state index is 13.0. The van der Waals surface area contributed by atoms with Gasteiger partial charge in [-0.3, -0.25) is 9.69 Å². The van der Waals surface area contributed by atoms with E-state index in [1.54, 1.807) is 4.90 Å². The molecule has 0 atom stereocenters. The number of thiophene rings is 1. The summed E-state index contributed by atoms with van der Waals surface area (Å²) in [5.41, 5.74) is 1.65. The highest BCUT2D eigenvalue weighted by Crippen LogP contribution is 2.32. The van der Waals surface area contributed by atoms with Crippen molar-refractivity contribution in [2.45, 2.75) is 6.42 Å². The molecule has 0 N–H and O–H groups in total. The molecular formula is C17H15BrN4OS. The Balaban J connectivity index is 1.86. The molecule has 122 valence electrons. The molecule has 3 aromatic rings. The standard InChI is InChI=1S/C17H15BrN4OS/c1-21-9-4-10-22(17(23)13-7-8-14(18)24-13)16-15(21)19-11-5-2-3-6-12(11)20-16/h2-3,5-8H,4,9-10H2,1H3.